The number of rotatable bonds is 4. The Kier molecular flexibility index (Phi) is 3.84. The fourth-order valence-electron chi connectivity index (χ4n) is 2.34. The SMILES string of the molecule is NCC(C(=O)Nc1ccc2[nH]ncc2c1)c1ccc(F)cc1. The van der Waals surface area contributed by atoms with Crippen molar-refractivity contribution in [2.24, 2.45) is 5.73 Å². The van der Waals surface area contributed by atoms with Crippen molar-refractivity contribution in [2.75, 3.05) is 11.9 Å². The van der Waals surface area contributed by atoms with Crippen molar-refractivity contribution >= 4 is 22.5 Å². The molecule has 22 heavy (non-hydrogen) atoms. The minimum absolute atomic E-state index is 0.144. The lowest BCUT2D eigenvalue weighted by Crippen LogP contribution is -2.27. The molecule has 0 fully saturated rings. The highest BCUT2D eigenvalue weighted by Gasteiger charge is 2.19. The minimum Gasteiger partial charge on any atom is -0.329 e. The third-order valence-electron chi connectivity index (χ3n) is 3.53. The molecule has 0 aliphatic rings. The molecule has 1 aromatic heterocycles. The standard InChI is InChI=1S/C16H15FN4O/c17-12-3-1-10(2-4-12)14(8-18)16(22)20-13-5-6-15-11(7-13)9-19-21-15/h1-7,9,14H,8,18H2,(H,19,21)(H,20,22). The monoisotopic (exact) mass is 298 g/mol. The third kappa shape index (κ3) is 2.82. The van der Waals surface area contributed by atoms with Gasteiger partial charge in [0, 0.05) is 17.6 Å². The number of nitrogens with two attached hydrogens (primary N) is 1. The largest absolute Gasteiger partial charge is 0.329 e. The Balaban J connectivity index is 1.80. The van der Waals surface area contributed by atoms with Gasteiger partial charge >= 0.3 is 0 Å². The van der Waals surface area contributed by atoms with Gasteiger partial charge in [-0.1, -0.05) is 12.1 Å². The molecule has 0 aliphatic carbocycles. The van der Waals surface area contributed by atoms with Gasteiger partial charge < -0.3 is 11.1 Å². The van der Waals surface area contributed by atoms with E-state index in [0.717, 1.165) is 10.9 Å². The van der Waals surface area contributed by atoms with Crippen LogP contribution in [0.1, 0.15) is 11.5 Å². The Morgan fingerprint density at radius 1 is 1.27 bits per heavy atom. The van der Waals surface area contributed by atoms with Crippen molar-refractivity contribution in [3.8, 4) is 0 Å². The highest BCUT2D eigenvalue weighted by Crippen LogP contribution is 2.20. The van der Waals surface area contributed by atoms with Crippen LogP contribution in [0.3, 0.4) is 0 Å². The Labute approximate surface area is 126 Å². The Morgan fingerprint density at radius 2 is 2.05 bits per heavy atom. The van der Waals surface area contributed by atoms with E-state index >= 15 is 0 Å². The molecule has 112 valence electrons. The van der Waals surface area contributed by atoms with Crippen molar-refractivity contribution in [2.45, 2.75) is 5.92 Å². The van der Waals surface area contributed by atoms with Gasteiger partial charge in [0.25, 0.3) is 0 Å². The number of carbonyl (C=O) groups excluding carboxylic acids is 1. The molecule has 0 bridgehead atoms. The Morgan fingerprint density at radius 3 is 2.77 bits per heavy atom. The normalized spacial score (nSPS) is 12.3. The maximum Gasteiger partial charge on any atom is 0.233 e. The number of nitrogens with zero attached hydrogens (tertiary/aromatic N) is 1. The molecule has 1 unspecified atom stereocenters. The number of aromatic amines is 1. The van der Waals surface area contributed by atoms with E-state index in [0.29, 0.717) is 11.3 Å². The fraction of sp³-hybridized carbons (Fsp3) is 0.125. The lowest BCUT2D eigenvalue weighted by Gasteiger charge is -2.15. The third-order valence-corrected chi connectivity index (χ3v) is 3.53. The highest BCUT2D eigenvalue weighted by molar-refractivity contribution is 5.97. The van der Waals surface area contributed by atoms with Crippen LogP contribution in [0.15, 0.2) is 48.7 Å². The molecule has 2 aromatic carbocycles. The van der Waals surface area contributed by atoms with E-state index in [2.05, 4.69) is 15.5 Å². The van der Waals surface area contributed by atoms with Gasteiger partial charge in [-0.15, -0.1) is 0 Å². The van der Waals surface area contributed by atoms with Gasteiger partial charge in [0.15, 0.2) is 0 Å². The molecular weight excluding hydrogens is 283 g/mol. The van der Waals surface area contributed by atoms with Gasteiger partial charge in [0.05, 0.1) is 17.6 Å². The average Bonchev–Trinajstić information content (AvgIpc) is 2.97. The predicted octanol–water partition coefficient (Wildman–Crippen LogP) is 2.38. The van der Waals surface area contributed by atoms with Gasteiger partial charge in [-0.3, -0.25) is 9.89 Å². The van der Waals surface area contributed by atoms with E-state index in [1.807, 2.05) is 12.1 Å². The van der Waals surface area contributed by atoms with E-state index in [4.69, 9.17) is 5.73 Å². The van der Waals surface area contributed by atoms with E-state index < -0.39 is 5.92 Å². The molecule has 0 radical (unpaired) electrons. The lowest BCUT2D eigenvalue weighted by atomic mass is 9.98. The van der Waals surface area contributed by atoms with Crippen LogP contribution in [0.5, 0.6) is 0 Å². The maximum atomic E-state index is 13.0. The van der Waals surface area contributed by atoms with Crippen molar-refractivity contribution in [3.05, 3.63) is 60.0 Å². The summed E-state index contributed by atoms with van der Waals surface area (Å²) in [6.07, 6.45) is 1.69. The molecular formula is C16H15FN4O. The number of hydrogen-bond acceptors (Lipinski definition) is 3. The number of aromatic nitrogens is 2. The number of hydrogen-bond donors (Lipinski definition) is 3. The smallest absolute Gasteiger partial charge is 0.233 e. The predicted molar refractivity (Wildman–Crippen MR) is 82.9 cm³/mol. The molecule has 3 rings (SSSR count). The second kappa shape index (κ2) is 5.95. The topological polar surface area (TPSA) is 83.8 Å². The number of anilines is 1. The summed E-state index contributed by atoms with van der Waals surface area (Å²) in [7, 11) is 0. The number of benzene rings is 2. The van der Waals surface area contributed by atoms with Crippen molar-refractivity contribution in [1.29, 1.82) is 0 Å². The lowest BCUT2D eigenvalue weighted by molar-refractivity contribution is -0.117. The van der Waals surface area contributed by atoms with Crippen LogP contribution in [0.4, 0.5) is 10.1 Å². The molecule has 6 heteroatoms. The molecule has 1 heterocycles. The van der Waals surface area contributed by atoms with E-state index in [1.54, 1.807) is 24.4 Å². The second-order valence-electron chi connectivity index (χ2n) is 5.00. The van der Waals surface area contributed by atoms with E-state index in [9.17, 15) is 9.18 Å². The first kappa shape index (κ1) is 14.2. The summed E-state index contributed by atoms with van der Waals surface area (Å²) in [5, 5.41) is 10.5. The molecule has 4 N–H and O–H groups in total. The first-order valence-electron chi connectivity index (χ1n) is 6.87. The van der Waals surface area contributed by atoms with Crippen molar-refractivity contribution in [1.82, 2.24) is 10.2 Å². The van der Waals surface area contributed by atoms with Crippen LogP contribution in [0.2, 0.25) is 0 Å². The van der Waals surface area contributed by atoms with E-state index in [1.165, 1.54) is 12.1 Å². The van der Waals surface area contributed by atoms with Gasteiger partial charge in [-0.05, 0) is 35.9 Å². The van der Waals surface area contributed by atoms with Crippen LogP contribution in [-0.2, 0) is 4.79 Å². The summed E-state index contributed by atoms with van der Waals surface area (Å²) in [5.41, 5.74) is 7.95. The maximum absolute atomic E-state index is 13.0. The van der Waals surface area contributed by atoms with Crippen LogP contribution < -0.4 is 11.1 Å². The van der Waals surface area contributed by atoms with Gasteiger partial charge in [0.1, 0.15) is 5.82 Å². The second-order valence-corrected chi connectivity index (χ2v) is 5.00. The zero-order valence-corrected chi connectivity index (χ0v) is 11.7. The quantitative estimate of drug-likeness (QED) is 0.691. The molecule has 0 spiro atoms. The first-order valence-corrected chi connectivity index (χ1v) is 6.87. The zero-order valence-electron chi connectivity index (χ0n) is 11.7. The molecule has 0 saturated heterocycles. The molecule has 1 atom stereocenters. The number of nitrogens with one attached hydrogen (secondary N) is 2. The number of amides is 1. The number of H-pyrrole nitrogens is 1. The van der Waals surface area contributed by atoms with Crippen LogP contribution in [0, 0.1) is 5.82 Å². The average molecular weight is 298 g/mol. The van der Waals surface area contributed by atoms with Gasteiger partial charge in [0.2, 0.25) is 5.91 Å². The molecule has 0 saturated carbocycles. The number of halogens is 1. The summed E-state index contributed by atoms with van der Waals surface area (Å²) in [6.45, 7) is 0.144. The molecule has 1 amide bonds. The fourth-order valence-corrected chi connectivity index (χ4v) is 2.34. The van der Waals surface area contributed by atoms with Crippen molar-refractivity contribution < 1.29 is 9.18 Å². The number of fused-ring (bicyclic) bond motifs is 1. The molecule has 3 aromatic rings. The Bertz CT molecular complexity index is 797. The van der Waals surface area contributed by atoms with Crippen LogP contribution in [-0.4, -0.2) is 22.6 Å². The summed E-state index contributed by atoms with van der Waals surface area (Å²) < 4.78 is 13.0. The first-order chi connectivity index (χ1) is 10.7. The number of carbonyl (C=O) groups is 1. The Hall–Kier alpha value is -2.73. The summed E-state index contributed by atoms with van der Waals surface area (Å²) >= 11 is 0. The van der Waals surface area contributed by atoms with Crippen LogP contribution >= 0.6 is 0 Å². The molecule has 5 nitrogen and oxygen atoms in total. The van der Waals surface area contributed by atoms with Crippen molar-refractivity contribution in [3.63, 3.8) is 0 Å². The zero-order chi connectivity index (χ0) is 15.5. The summed E-state index contributed by atoms with van der Waals surface area (Å²) in [4.78, 5) is 12.4. The highest BCUT2D eigenvalue weighted by atomic mass is 19.1. The minimum atomic E-state index is -0.527. The van der Waals surface area contributed by atoms with Crippen LogP contribution in [0.25, 0.3) is 10.9 Å². The van der Waals surface area contributed by atoms with Gasteiger partial charge in [-0.25, -0.2) is 4.39 Å². The summed E-state index contributed by atoms with van der Waals surface area (Å²) in [5.74, 6) is -1.09. The van der Waals surface area contributed by atoms with Gasteiger partial charge in [-0.2, -0.15) is 5.10 Å². The molecule has 0 aliphatic heterocycles. The summed E-state index contributed by atoms with van der Waals surface area (Å²) in [6, 6.07) is 11.3. The van der Waals surface area contributed by atoms with E-state index in [-0.39, 0.29) is 18.3 Å².